The van der Waals surface area contributed by atoms with Crippen molar-refractivity contribution in [1.82, 2.24) is 10.2 Å². The van der Waals surface area contributed by atoms with Crippen molar-refractivity contribution >= 4 is 5.91 Å². The van der Waals surface area contributed by atoms with E-state index < -0.39 is 0 Å². The molecule has 1 saturated heterocycles. The van der Waals surface area contributed by atoms with Crippen LogP contribution in [0.4, 0.5) is 0 Å². The normalized spacial score (nSPS) is 26.8. The zero-order valence-corrected chi connectivity index (χ0v) is 10.5. The van der Waals surface area contributed by atoms with Crippen LogP contribution in [0, 0.1) is 0 Å². The number of hydrogen-bond donors (Lipinski definition) is 1. The van der Waals surface area contributed by atoms with Crippen LogP contribution in [0.25, 0.3) is 0 Å². The molecule has 2 aliphatic heterocycles. The van der Waals surface area contributed by atoms with Crippen molar-refractivity contribution in [2.75, 3.05) is 19.6 Å². The van der Waals surface area contributed by atoms with Gasteiger partial charge in [0.15, 0.2) is 0 Å². The van der Waals surface area contributed by atoms with E-state index >= 15 is 0 Å². The van der Waals surface area contributed by atoms with Gasteiger partial charge in [0.25, 0.3) is 5.91 Å². The van der Waals surface area contributed by atoms with E-state index in [9.17, 15) is 4.79 Å². The molecule has 0 spiro atoms. The Bertz CT molecular complexity index is 507. The highest BCUT2D eigenvalue weighted by atomic mass is 16.2. The van der Waals surface area contributed by atoms with Crippen LogP contribution in [0.15, 0.2) is 18.2 Å². The molecule has 4 rings (SSSR count). The van der Waals surface area contributed by atoms with E-state index in [4.69, 9.17) is 0 Å². The largest absolute Gasteiger partial charge is 0.333 e. The quantitative estimate of drug-likeness (QED) is 0.810. The van der Waals surface area contributed by atoms with Crippen molar-refractivity contribution in [3.8, 4) is 0 Å². The molecule has 1 atom stereocenters. The SMILES string of the molecule is O=C1c2ccc(C3CC3)cc2C[C@@H]2CNCCN12. The summed E-state index contributed by atoms with van der Waals surface area (Å²) >= 11 is 0. The Morgan fingerprint density at radius 3 is 3.00 bits per heavy atom. The molecule has 1 aromatic rings. The van der Waals surface area contributed by atoms with Gasteiger partial charge in [0.2, 0.25) is 0 Å². The number of fused-ring (bicyclic) bond motifs is 2. The van der Waals surface area contributed by atoms with Gasteiger partial charge >= 0.3 is 0 Å². The number of nitrogens with one attached hydrogen (secondary N) is 1. The average Bonchev–Trinajstić information content (AvgIpc) is 3.23. The molecule has 2 fully saturated rings. The summed E-state index contributed by atoms with van der Waals surface area (Å²) in [4.78, 5) is 14.5. The lowest BCUT2D eigenvalue weighted by Gasteiger charge is -2.40. The van der Waals surface area contributed by atoms with Crippen LogP contribution in [0.5, 0.6) is 0 Å². The van der Waals surface area contributed by atoms with Gasteiger partial charge < -0.3 is 10.2 Å². The molecule has 2 heterocycles. The van der Waals surface area contributed by atoms with E-state index in [2.05, 4.69) is 28.4 Å². The Kier molecular flexibility index (Phi) is 2.24. The molecule has 3 nitrogen and oxygen atoms in total. The van der Waals surface area contributed by atoms with Crippen molar-refractivity contribution in [3.05, 3.63) is 34.9 Å². The van der Waals surface area contributed by atoms with Gasteiger partial charge in [-0.25, -0.2) is 0 Å². The number of nitrogens with zero attached hydrogens (tertiary/aromatic N) is 1. The van der Waals surface area contributed by atoms with Crippen LogP contribution in [0.1, 0.15) is 40.2 Å². The first-order valence-corrected chi connectivity index (χ1v) is 6.97. The number of piperazine rings is 1. The predicted octanol–water partition coefficient (Wildman–Crippen LogP) is 1.53. The van der Waals surface area contributed by atoms with Crippen molar-refractivity contribution in [3.63, 3.8) is 0 Å². The first kappa shape index (κ1) is 10.6. The van der Waals surface area contributed by atoms with Gasteiger partial charge in [-0.1, -0.05) is 12.1 Å². The second-order valence-corrected chi connectivity index (χ2v) is 5.75. The number of carbonyl (C=O) groups excluding carboxylic acids is 1. The third-order valence-corrected chi connectivity index (χ3v) is 4.48. The lowest BCUT2D eigenvalue weighted by molar-refractivity contribution is 0.0606. The summed E-state index contributed by atoms with van der Waals surface area (Å²) in [7, 11) is 0. The predicted molar refractivity (Wildman–Crippen MR) is 69.8 cm³/mol. The molecule has 18 heavy (non-hydrogen) atoms. The lowest BCUT2D eigenvalue weighted by Crippen LogP contribution is -2.56. The number of carbonyl (C=O) groups is 1. The number of benzene rings is 1. The fourth-order valence-corrected chi connectivity index (χ4v) is 3.28. The minimum Gasteiger partial charge on any atom is -0.333 e. The summed E-state index contributed by atoms with van der Waals surface area (Å²) in [6.45, 7) is 2.73. The summed E-state index contributed by atoms with van der Waals surface area (Å²) in [5.41, 5.74) is 3.66. The van der Waals surface area contributed by atoms with Crippen LogP contribution >= 0.6 is 0 Å². The molecule has 1 aliphatic carbocycles. The van der Waals surface area contributed by atoms with Gasteiger partial charge in [0.1, 0.15) is 0 Å². The van der Waals surface area contributed by atoms with Gasteiger partial charge in [-0.2, -0.15) is 0 Å². The fourth-order valence-electron chi connectivity index (χ4n) is 3.28. The van der Waals surface area contributed by atoms with Crippen molar-refractivity contribution in [2.24, 2.45) is 0 Å². The summed E-state index contributed by atoms with van der Waals surface area (Å²) in [5, 5.41) is 3.39. The average molecular weight is 242 g/mol. The first-order chi connectivity index (χ1) is 8.83. The molecule has 1 N–H and O–H groups in total. The highest BCUT2D eigenvalue weighted by molar-refractivity contribution is 5.97. The summed E-state index contributed by atoms with van der Waals surface area (Å²) in [5.74, 6) is 1.01. The molecular weight excluding hydrogens is 224 g/mol. The van der Waals surface area contributed by atoms with Gasteiger partial charge in [-0.15, -0.1) is 0 Å². The highest BCUT2D eigenvalue weighted by Crippen LogP contribution is 2.41. The van der Waals surface area contributed by atoms with Crippen molar-refractivity contribution in [1.29, 1.82) is 0 Å². The summed E-state index contributed by atoms with van der Waals surface area (Å²) < 4.78 is 0. The second-order valence-electron chi connectivity index (χ2n) is 5.75. The van der Waals surface area contributed by atoms with Gasteiger partial charge in [-0.05, 0) is 42.4 Å². The van der Waals surface area contributed by atoms with Gasteiger partial charge in [0, 0.05) is 31.2 Å². The van der Waals surface area contributed by atoms with Crippen LogP contribution < -0.4 is 5.32 Å². The van der Waals surface area contributed by atoms with E-state index in [1.165, 1.54) is 24.0 Å². The molecule has 94 valence electrons. The van der Waals surface area contributed by atoms with E-state index in [1.807, 2.05) is 0 Å². The van der Waals surface area contributed by atoms with Crippen molar-refractivity contribution < 1.29 is 4.79 Å². The van der Waals surface area contributed by atoms with Crippen LogP contribution in [-0.4, -0.2) is 36.5 Å². The molecule has 3 aliphatic rings. The first-order valence-electron chi connectivity index (χ1n) is 6.97. The fraction of sp³-hybridized carbons (Fsp3) is 0.533. The maximum Gasteiger partial charge on any atom is 0.254 e. The molecule has 0 unspecified atom stereocenters. The molecule has 0 bridgehead atoms. The third kappa shape index (κ3) is 1.57. The maximum atomic E-state index is 12.4. The van der Waals surface area contributed by atoms with Gasteiger partial charge in [-0.3, -0.25) is 4.79 Å². The van der Waals surface area contributed by atoms with Crippen LogP contribution in [0.2, 0.25) is 0 Å². The summed E-state index contributed by atoms with van der Waals surface area (Å²) in [6, 6.07) is 6.88. The van der Waals surface area contributed by atoms with E-state index in [1.54, 1.807) is 0 Å². The number of rotatable bonds is 1. The van der Waals surface area contributed by atoms with E-state index in [-0.39, 0.29) is 5.91 Å². The third-order valence-electron chi connectivity index (χ3n) is 4.48. The van der Waals surface area contributed by atoms with Crippen LogP contribution in [-0.2, 0) is 6.42 Å². The molecule has 1 aromatic carbocycles. The second kappa shape index (κ2) is 3.82. The Morgan fingerprint density at radius 1 is 1.28 bits per heavy atom. The Hall–Kier alpha value is -1.35. The van der Waals surface area contributed by atoms with Crippen LogP contribution in [0.3, 0.4) is 0 Å². The Balaban J connectivity index is 1.73. The van der Waals surface area contributed by atoms with E-state index in [0.29, 0.717) is 6.04 Å². The number of amides is 1. The molecule has 0 radical (unpaired) electrons. The Labute approximate surface area is 107 Å². The Morgan fingerprint density at radius 2 is 2.17 bits per heavy atom. The van der Waals surface area contributed by atoms with Crippen molar-refractivity contribution in [2.45, 2.75) is 31.2 Å². The molecule has 1 saturated carbocycles. The zero-order valence-electron chi connectivity index (χ0n) is 10.5. The zero-order chi connectivity index (χ0) is 12.1. The summed E-state index contributed by atoms with van der Waals surface area (Å²) in [6.07, 6.45) is 3.67. The monoisotopic (exact) mass is 242 g/mol. The molecule has 0 aromatic heterocycles. The molecule has 3 heteroatoms. The number of hydrogen-bond acceptors (Lipinski definition) is 2. The maximum absolute atomic E-state index is 12.4. The topological polar surface area (TPSA) is 32.3 Å². The lowest BCUT2D eigenvalue weighted by atomic mass is 9.90. The smallest absolute Gasteiger partial charge is 0.254 e. The minimum atomic E-state index is 0.241. The molecular formula is C15H18N2O. The minimum absolute atomic E-state index is 0.241. The van der Waals surface area contributed by atoms with Gasteiger partial charge in [0.05, 0.1) is 0 Å². The standard InChI is InChI=1S/C15H18N2O/c18-15-14-4-3-11(10-1-2-10)7-12(14)8-13-9-16-5-6-17(13)15/h3-4,7,10,13,16H,1-2,5-6,8-9H2/t13-/m1/s1. The van der Waals surface area contributed by atoms with E-state index in [0.717, 1.165) is 37.5 Å². The highest BCUT2D eigenvalue weighted by Gasteiger charge is 2.34. The molecule has 1 amide bonds.